The molecule has 3 aromatic rings. The number of hydrogen-bond donors (Lipinski definition) is 3. The molecule has 1 atom stereocenters. The van der Waals surface area contributed by atoms with Gasteiger partial charge in [-0.25, -0.2) is 4.98 Å². The first-order valence-corrected chi connectivity index (χ1v) is 8.24. The van der Waals surface area contributed by atoms with Crippen molar-refractivity contribution in [3.63, 3.8) is 0 Å². The minimum Gasteiger partial charge on any atom is -0.394 e. The number of nitrogens with zero attached hydrogens (tertiary/aromatic N) is 2. The fraction of sp³-hybridized carbons (Fsp3) is 0.211. The number of imidazole rings is 1. The molecule has 0 spiro atoms. The first-order chi connectivity index (χ1) is 12.6. The number of aromatic nitrogens is 2. The van der Waals surface area contributed by atoms with Crippen LogP contribution >= 0.6 is 0 Å². The summed E-state index contributed by atoms with van der Waals surface area (Å²) in [7, 11) is 1.88. The standard InChI is InChI=1S/C19H20N4O3/c1-23-12-20-16-10-14(7-8-17(16)23)21-18(25)19(26)22-15(11-24)9-13-5-3-2-4-6-13/h2-8,10,12,15,24H,9,11H2,1H3,(H,21,25)(H,22,26). The van der Waals surface area contributed by atoms with Gasteiger partial charge in [0.05, 0.1) is 30.0 Å². The highest BCUT2D eigenvalue weighted by Gasteiger charge is 2.19. The third-order valence-corrected chi connectivity index (χ3v) is 4.07. The Hall–Kier alpha value is -3.19. The van der Waals surface area contributed by atoms with Gasteiger partial charge in [0.25, 0.3) is 0 Å². The maximum Gasteiger partial charge on any atom is 0.313 e. The van der Waals surface area contributed by atoms with Gasteiger partial charge in [0, 0.05) is 12.7 Å². The number of hydrogen-bond acceptors (Lipinski definition) is 4. The van der Waals surface area contributed by atoms with Crippen molar-refractivity contribution in [3.8, 4) is 0 Å². The van der Waals surface area contributed by atoms with Crippen LogP contribution in [-0.4, -0.2) is 39.1 Å². The Balaban J connectivity index is 1.61. The average molecular weight is 352 g/mol. The smallest absolute Gasteiger partial charge is 0.313 e. The van der Waals surface area contributed by atoms with Gasteiger partial charge < -0.3 is 20.3 Å². The number of carbonyl (C=O) groups is 2. The van der Waals surface area contributed by atoms with Crippen LogP contribution in [0.1, 0.15) is 5.56 Å². The van der Waals surface area contributed by atoms with E-state index in [1.807, 2.05) is 48.0 Å². The second-order valence-electron chi connectivity index (χ2n) is 6.06. The number of anilines is 1. The Morgan fingerprint density at radius 3 is 2.65 bits per heavy atom. The molecule has 0 aliphatic heterocycles. The molecular weight excluding hydrogens is 332 g/mol. The van der Waals surface area contributed by atoms with Crippen LogP contribution < -0.4 is 10.6 Å². The van der Waals surface area contributed by atoms with Crippen molar-refractivity contribution in [1.29, 1.82) is 0 Å². The Bertz CT molecular complexity index is 921. The van der Waals surface area contributed by atoms with Gasteiger partial charge in [0.15, 0.2) is 0 Å². The fourth-order valence-electron chi connectivity index (χ4n) is 2.71. The Kier molecular flexibility index (Phi) is 5.28. The van der Waals surface area contributed by atoms with E-state index in [1.165, 1.54) is 0 Å². The van der Waals surface area contributed by atoms with Gasteiger partial charge in [-0.05, 0) is 30.2 Å². The molecule has 0 radical (unpaired) electrons. The molecule has 0 saturated heterocycles. The lowest BCUT2D eigenvalue weighted by Crippen LogP contribution is -2.44. The molecular formula is C19H20N4O3. The highest BCUT2D eigenvalue weighted by atomic mass is 16.3. The van der Waals surface area contributed by atoms with Crippen molar-refractivity contribution >= 4 is 28.5 Å². The van der Waals surface area contributed by atoms with Crippen LogP contribution in [0.25, 0.3) is 11.0 Å². The molecule has 134 valence electrons. The van der Waals surface area contributed by atoms with Gasteiger partial charge in [0.2, 0.25) is 0 Å². The summed E-state index contributed by atoms with van der Waals surface area (Å²) >= 11 is 0. The number of nitrogens with one attached hydrogen (secondary N) is 2. The summed E-state index contributed by atoms with van der Waals surface area (Å²) < 4.78 is 1.86. The molecule has 3 N–H and O–H groups in total. The molecule has 1 aromatic heterocycles. The number of aryl methyl sites for hydroxylation is 1. The lowest BCUT2D eigenvalue weighted by atomic mass is 10.1. The van der Waals surface area contributed by atoms with E-state index in [1.54, 1.807) is 18.5 Å². The number of aliphatic hydroxyl groups is 1. The number of rotatable bonds is 5. The minimum atomic E-state index is -0.791. The van der Waals surface area contributed by atoms with E-state index in [4.69, 9.17) is 0 Å². The number of aliphatic hydroxyl groups excluding tert-OH is 1. The Labute approximate surface area is 150 Å². The second kappa shape index (κ2) is 7.79. The minimum absolute atomic E-state index is 0.256. The molecule has 7 nitrogen and oxygen atoms in total. The zero-order chi connectivity index (χ0) is 18.5. The van der Waals surface area contributed by atoms with E-state index >= 15 is 0 Å². The summed E-state index contributed by atoms with van der Waals surface area (Å²) in [6.07, 6.45) is 2.12. The molecule has 0 bridgehead atoms. The van der Waals surface area contributed by atoms with Gasteiger partial charge in [-0.2, -0.15) is 0 Å². The van der Waals surface area contributed by atoms with Crippen LogP contribution in [0.3, 0.4) is 0 Å². The van der Waals surface area contributed by atoms with Crippen LogP contribution in [0.5, 0.6) is 0 Å². The normalized spacial score (nSPS) is 11.9. The summed E-state index contributed by atoms with van der Waals surface area (Å²) in [6, 6.07) is 14.2. The van der Waals surface area contributed by atoms with E-state index in [0.29, 0.717) is 12.1 Å². The summed E-state index contributed by atoms with van der Waals surface area (Å²) in [5.41, 5.74) is 3.10. The predicted molar refractivity (Wildman–Crippen MR) is 98.5 cm³/mol. The molecule has 2 aromatic carbocycles. The molecule has 0 aliphatic rings. The molecule has 1 heterocycles. The lowest BCUT2D eigenvalue weighted by molar-refractivity contribution is -0.136. The van der Waals surface area contributed by atoms with Gasteiger partial charge in [-0.15, -0.1) is 0 Å². The molecule has 0 aliphatic carbocycles. The Morgan fingerprint density at radius 1 is 1.15 bits per heavy atom. The highest BCUT2D eigenvalue weighted by molar-refractivity contribution is 6.39. The van der Waals surface area contributed by atoms with Crippen LogP contribution in [0.2, 0.25) is 0 Å². The largest absolute Gasteiger partial charge is 0.394 e. The zero-order valence-electron chi connectivity index (χ0n) is 14.3. The number of fused-ring (bicyclic) bond motifs is 1. The summed E-state index contributed by atoms with van der Waals surface area (Å²) in [6.45, 7) is -0.256. The van der Waals surface area contributed by atoms with Crippen LogP contribution in [-0.2, 0) is 23.1 Å². The number of benzene rings is 2. The van der Waals surface area contributed by atoms with Crippen molar-refractivity contribution in [2.75, 3.05) is 11.9 Å². The fourth-order valence-corrected chi connectivity index (χ4v) is 2.71. The van der Waals surface area contributed by atoms with Crippen molar-refractivity contribution in [2.24, 2.45) is 7.05 Å². The monoisotopic (exact) mass is 352 g/mol. The van der Waals surface area contributed by atoms with Gasteiger partial charge >= 0.3 is 11.8 Å². The van der Waals surface area contributed by atoms with Crippen molar-refractivity contribution in [1.82, 2.24) is 14.9 Å². The quantitative estimate of drug-likeness (QED) is 0.602. The maximum atomic E-state index is 12.1. The molecule has 3 rings (SSSR count). The molecule has 0 saturated carbocycles. The van der Waals surface area contributed by atoms with E-state index in [0.717, 1.165) is 16.6 Å². The summed E-state index contributed by atoms with van der Waals surface area (Å²) in [4.78, 5) is 28.5. The summed E-state index contributed by atoms with van der Waals surface area (Å²) in [5, 5.41) is 14.6. The van der Waals surface area contributed by atoms with E-state index < -0.39 is 17.9 Å². The van der Waals surface area contributed by atoms with E-state index in [9.17, 15) is 14.7 Å². The first-order valence-electron chi connectivity index (χ1n) is 8.24. The van der Waals surface area contributed by atoms with E-state index in [2.05, 4.69) is 15.6 Å². The molecule has 0 fully saturated rings. The van der Waals surface area contributed by atoms with Crippen LogP contribution in [0, 0.1) is 0 Å². The van der Waals surface area contributed by atoms with Crippen LogP contribution in [0.4, 0.5) is 5.69 Å². The van der Waals surface area contributed by atoms with Crippen molar-refractivity contribution in [2.45, 2.75) is 12.5 Å². The van der Waals surface area contributed by atoms with Gasteiger partial charge in [0.1, 0.15) is 0 Å². The molecule has 26 heavy (non-hydrogen) atoms. The van der Waals surface area contributed by atoms with Crippen LogP contribution in [0.15, 0.2) is 54.9 Å². The lowest BCUT2D eigenvalue weighted by Gasteiger charge is -2.16. The van der Waals surface area contributed by atoms with Gasteiger partial charge in [-0.1, -0.05) is 30.3 Å². The zero-order valence-corrected chi connectivity index (χ0v) is 14.3. The number of carbonyl (C=O) groups excluding carboxylic acids is 2. The second-order valence-corrected chi connectivity index (χ2v) is 6.06. The third kappa shape index (κ3) is 4.07. The SMILES string of the molecule is Cn1cnc2cc(NC(=O)C(=O)NC(CO)Cc3ccccc3)ccc21. The maximum absolute atomic E-state index is 12.1. The third-order valence-electron chi connectivity index (χ3n) is 4.07. The van der Waals surface area contributed by atoms with Gasteiger partial charge in [-0.3, -0.25) is 9.59 Å². The first kappa shape index (κ1) is 17.6. The number of amides is 2. The molecule has 7 heteroatoms. The Morgan fingerprint density at radius 2 is 1.92 bits per heavy atom. The average Bonchev–Trinajstić information content (AvgIpc) is 3.02. The predicted octanol–water partition coefficient (Wildman–Crippen LogP) is 1.23. The molecule has 1 unspecified atom stereocenters. The van der Waals surface area contributed by atoms with Crippen molar-refractivity contribution < 1.29 is 14.7 Å². The highest BCUT2D eigenvalue weighted by Crippen LogP contribution is 2.17. The van der Waals surface area contributed by atoms with E-state index in [-0.39, 0.29) is 6.61 Å². The molecule has 2 amide bonds. The van der Waals surface area contributed by atoms with Crippen molar-refractivity contribution in [3.05, 3.63) is 60.4 Å². The topological polar surface area (TPSA) is 96.2 Å². The summed E-state index contributed by atoms with van der Waals surface area (Å²) in [5.74, 6) is -1.58.